The first-order chi connectivity index (χ1) is 12.7. The second-order valence-electron chi connectivity index (χ2n) is 6.26. The van der Waals surface area contributed by atoms with Gasteiger partial charge in [-0.25, -0.2) is 0 Å². The lowest BCUT2D eigenvalue weighted by Crippen LogP contribution is -2.19. The Bertz CT molecular complexity index is 825. The highest BCUT2D eigenvalue weighted by atomic mass is 32.1. The minimum Gasteiger partial charge on any atom is -0.332 e. The van der Waals surface area contributed by atoms with E-state index in [9.17, 15) is 0 Å². The van der Waals surface area contributed by atoms with Crippen molar-refractivity contribution in [1.29, 1.82) is 0 Å². The normalized spacial score (nSPS) is 10.5. The van der Waals surface area contributed by atoms with E-state index in [1.165, 1.54) is 24.0 Å². The molecule has 0 spiro atoms. The summed E-state index contributed by atoms with van der Waals surface area (Å²) >= 11 is 5.39. The molecule has 2 N–H and O–H groups in total. The summed E-state index contributed by atoms with van der Waals surface area (Å²) in [6.07, 6.45) is 5.50. The van der Waals surface area contributed by atoms with Crippen molar-refractivity contribution in [3.8, 4) is 0 Å². The number of anilines is 2. The third kappa shape index (κ3) is 5.43. The molecule has 0 atom stereocenters. The first kappa shape index (κ1) is 18.1. The lowest BCUT2D eigenvalue weighted by atomic mass is 10.1. The lowest BCUT2D eigenvalue weighted by molar-refractivity contribution is 0.690. The molecule has 1 heterocycles. The molecule has 1 aromatic heterocycles. The van der Waals surface area contributed by atoms with Crippen LogP contribution in [0.25, 0.3) is 0 Å². The number of aryl methyl sites for hydroxylation is 1. The molecular weight excluding hydrogens is 340 g/mol. The van der Waals surface area contributed by atoms with E-state index in [4.69, 9.17) is 12.2 Å². The van der Waals surface area contributed by atoms with Gasteiger partial charge < -0.3 is 10.6 Å². The van der Waals surface area contributed by atoms with Crippen LogP contribution in [-0.4, -0.2) is 14.9 Å². The Morgan fingerprint density at radius 1 is 0.962 bits per heavy atom. The number of nitrogens with one attached hydrogen (secondary N) is 2. The molecule has 26 heavy (non-hydrogen) atoms. The van der Waals surface area contributed by atoms with Crippen LogP contribution in [0.4, 0.5) is 11.5 Å². The van der Waals surface area contributed by atoms with Gasteiger partial charge in [0.05, 0.1) is 6.54 Å². The quantitative estimate of drug-likeness (QED) is 0.574. The maximum atomic E-state index is 5.39. The van der Waals surface area contributed by atoms with Gasteiger partial charge in [0.15, 0.2) is 10.9 Å². The average molecular weight is 365 g/mol. The molecule has 0 saturated heterocycles. The number of benzene rings is 2. The summed E-state index contributed by atoms with van der Waals surface area (Å²) < 4.78 is 1.89. The Morgan fingerprint density at radius 2 is 1.73 bits per heavy atom. The predicted octanol–water partition coefficient (Wildman–Crippen LogP) is 5.08. The van der Waals surface area contributed by atoms with Crippen LogP contribution in [0.1, 0.15) is 30.9 Å². The fourth-order valence-electron chi connectivity index (χ4n) is 2.70. The third-order valence-corrected chi connectivity index (χ3v) is 4.30. The van der Waals surface area contributed by atoms with Crippen molar-refractivity contribution in [3.63, 3.8) is 0 Å². The van der Waals surface area contributed by atoms with Crippen LogP contribution in [0.5, 0.6) is 0 Å². The van der Waals surface area contributed by atoms with Gasteiger partial charge in [-0.3, -0.25) is 4.68 Å². The van der Waals surface area contributed by atoms with E-state index in [2.05, 4.69) is 59.1 Å². The fraction of sp³-hybridized carbons (Fsp3) is 0.238. The molecule has 0 radical (unpaired) electrons. The Morgan fingerprint density at radius 3 is 2.46 bits per heavy atom. The van der Waals surface area contributed by atoms with Crippen molar-refractivity contribution >= 4 is 28.8 Å². The van der Waals surface area contributed by atoms with Crippen LogP contribution in [0, 0.1) is 0 Å². The molecule has 0 fully saturated rings. The number of unbranched alkanes of at least 4 members (excludes halogenated alkanes) is 1. The Kier molecular flexibility index (Phi) is 6.39. The van der Waals surface area contributed by atoms with Gasteiger partial charge in [0.2, 0.25) is 0 Å². The second kappa shape index (κ2) is 9.15. The molecule has 3 aromatic rings. The molecule has 5 heteroatoms. The van der Waals surface area contributed by atoms with E-state index in [0.29, 0.717) is 5.11 Å². The molecule has 0 aliphatic heterocycles. The number of thiocarbonyl (C=S) groups is 1. The highest BCUT2D eigenvalue weighted by Gasteiger charge is 2.03. The topological polar surface area (TPSA) is 41.9 Å². The number of hydrogen-bond acceptors (Lipinski definition) is 2. The molecule has 0 aliphatic rings. The maximum absolute atomic E-state index is 5.39. The monoisotopic (exact) mass is 364 g/mol. The minimum absolute atomic E-state index is 0.538. The van der Waals surface area contributed by atoms with Crippen LogP contribution in [0.2, 0.25) is 0 Å². The molecule has 3 rings (SSSR count). The fourth-order valence-corrected chi connectivity index (χ4v) is 2.92. The van der Waals surface area contributed by atoms with Crippen LogP contribution in [0.3, 0.4) is 0 Å². The summed E-state index contributed by atoms with van der Waals surface area (Å²) in [6.45, 7) is 2.95. The van der Waals surface area contributed by atoms with Crippen LogP contribution >= 0.6 is 12.2 Å². The Labute approximate surface area is 160 Å². The highest BCUT2D eigenvalue weighted by molar-refractivity contribution is 7.80. The Balaban J connectivity index is 1.52. The predicted molar refractivity (Wildman–Crippen MR) is 113 cm³/mol. The number of aromatic nitrogens is 2. The molecule has 0 bridgehead atoms. The van der Waals surface area contributed by atoms with Crippen LogP contribution in [-0.2, 0) is 13.0 Å². The Hall–Kier alpha value is -2.66. The molecule has 0 amide bonds. The van der Waals surface area contributed by atoms with E-state index in [0.717, 1.165) is 24.5 Å². The summed E-state index contributed by atoms with van der Waals surface area (Å²) in [7, 11) is 0. The zero-order chi connectivity index (χ0) is 18.2. The number of nitrogens with zero attached hydrogens (tertiary/aromatic N) is 2. The van der Waals surface area contributed by atoms with Crippen molar-refractivity contribution < 1.29 is 0 Å². The van der Waals surface area contributed by atoms with Gasteiger partial charge in [-0.15, -0.1) is 0 Å². The van der Waals surface area contributed by atoms with Crippen molar-refractivity contribution in [2.24, 2.45) is 0 Å². The third-order valence-electron chi connectivity index (χ3n) is 4.10. The highest BCUT2D eigenvalue weighted by Crippen LogP contribution is 2.13. The largest absolute Gasteiger partial charge is 0.332 e. The first-order valence-electron chi connectivity index (χ1n) is 8.97. The molecule has 4 nitrogen and oxygen atoms in total. The first-order valence-corrected chi connectivity index (χ1v) is 9.38. The van der Waals surface area contributed by atoms with Crippen molar-refractivity contribution in [1.82, 2.24) is 9.78 Å². The standard InChI is InChI=1S/C21H24N4S/c1-2-3-7-17-10-12-19(13-11-17)22-21(26)23-20-14-15-25(24-20)16-18-8-5-4-6-9-18/h4-6,8-15H,2-3,7,16H2,1H3,(H2,22,23,24,26). The smallest absolute Gasteiger partial charge is 0.176 e. The zero-order valence-corrected chi connectivity index (χ0v) is 15.8. The van der Waals surface area contributed by atoms with E-state index in [1.807, 2.05) is 35.1 Å². The van der Waals surface area contributed by atoms with Gasteiger partial charge in [0, 0.05) is 18.0 Å². The molecule has 0 saturated carbocycles. The van der Waals surface area contributed by atoms with E-state index in [1.54, 1.807) is 0 Å². The summed E-state index contributed by atoms with van der Waals surface area (Å²) in [6, 6.07) is 20.6. The van der Waals surface area contributed by atoms with Gasteiger partial charge in [0.25, 0.3) is 0 Å². The summed E-state index contributed by atoms with van der Waals surface area (Å²) in [5, 5.41) is 11.4. The minimum atomic E-state index is 0.538. The second-order valence-corrected chi connectivity index (χ2v) is 6.67. The number of hydrogen-bond donors (Lipinski definition) is 2. The van der Waals surface area contributed by atoms with Gasteiger partial charge in [-0.2, -0.15) is 5.10 Å². The molecule has 2 aromatic carbocycles. The molecular formula is C21H24N4S. The van der Waals surface area contributed by atoms with Gasteiger partial charge in [-0.1, -0.05) is 55.8 Å². The van der Waals surface area contributed by atoms with Crippen molar-refractivity contribution in [2.45, 2.75) is 32.7 Å². The molecule has 0 aliphatic carbocycles. The van der Waals surface area contributed by atoms with E-state index < -0.39 is 0 Å². The number of rotatable bonds is 7. The molecule has 0 unspecified atom stereocenters. The molecule has 134 valence electrons. The van der Waals surface area contributed by atoms with E-state index >= 15 is 0 Å². The van der Waals surface area contributed by atoms with Crippen LogP contribution in [0.15, 0.2) is 66.9 Å². The van der Waals surface area contributed by atoms with Gasteiger partial charge in [0.1, 0.15) is 0 Å². The lowest BCUT2D eigenvalue weighted by Gasteiger charge is -2.09. The summed E-state index contributed by atoms with van der Waals surface area (Å²) in [5.74, 6) is 0.734. The summed E-state index contributed by atoms with van der Waals surface area (Å²) in [5.41, 5.74) is 3.55. The summed E-state index contributed by atoms with van der Waals surface area (Å²) in [4.78, 5) is 0. The van der Waals surface area contributed by atoms with Crippen LogP contribution < -0.4 is 10.6 Å². The zero-order valence-electron chi connectivity index (χ0n) is 15.0. The average Bonchev–Trinajstić information content (AvgIpc) is 3.08. The van der Waals surface area contributed by atoms with Crippen molar-refractivity contribution in [3.05, 3.63) is 78.0 Å². The maximum Gasteiger partial charge on any atom is 0.176 e. The van der Waals surface area contributed by atoms with Gasteiger partial charge in [-0.05, 0) is 48.3 Å². The van der Waals surface area contributed by atoms with E-state index in [-0.39, 0.29) is 0 Å². The van der Waals surface area contributed by atoms with Crippen molar-refractivity contribution in [2.75, 3.05) is 10.6 Å². The SMILES string of the molecule is CCCCc1ccc(NC(=S)Nc2ccn(Cc3ccccc3)n2)cc1. The van der Waals surface area contributed by atoms with Gasteiger partial charge >= 0.3 is 0 Å².